The van der Waals surface area contributed by atoms with Crippen LogP contribution >= 0.6 is 0 Å². The molecule has 0 fully saturated rings. The van der Waals surface area contributed by atoms with Crippen LogP contribution in [-0.4, -0.2) is 18.7 Å². The molecular formula is C17H26O3. The van der Waals surface area contributed by atoms with E-state index in [9.17, 15) is 4.79 Å². The number of carbonyl (C=O) groups excluding carboxylic acids is 1. The summed E-state index contributed by atoms with van der Waals surface area (Å²) in [6, 6.07) is 7.95. The van der Waals surface area contributed by atoms with E-state index in [4.69, 9.17) is 9.47 Å². The second-order valence-electron chi connectivity index (χ2n) is 5.03. The van der Waals surface area contributed by atoms with Crippen molar-refractivity contribution >= 4 is 5.97 Å². The number of hydrogen-bond donors (Lipinski definition) is 0. The minimum atomic E-state index is -0.562. The van der Waals surface area contributed by atoms with Crippen molar-refractivity contribution in [1.82, 2.24) is 0 Å². The molecule has 1 aromatic carbocycles. The predicted octanol–water partition coefficient (Wildman–Crippen LogP) is 4.14. The van der Waals surface area contributed by atoms with E-state index < -0.39 is 6.10 Å². The summed E-state index contributed by atoms with van der Waals surface area (Å²) in [5, 5.41) is 0. The van der Waals surface area contributed by atoms with Gasteiger partial charge in [0.25, 0.3) is 0 Å². The van der Waals surface area contributed by atoms with Crippen molar-refractivity contribution in [3.05, 3.63) is 29.8 Å². The first-order valence-electron chi connectivity index (χ1n) is 7.59. The number of aryl methyl sites for hydroxylation is 1. The zero-order valence-corrected chi connectivity index (χ0v) is 12.9. The Morgan fingerprint density at radius 2 is 1.75 bits per heavy atom. The number of carbonyl (C=O) groups is 1. The maximum absolute atomic E-state index is 11.7. The zero-order valence-electron chi connectivity index (χ0n) is 12.9. The van der Waals surface area contributed by atoms with Gasteiger partial charge in [0.15, 0.2) is 6.10 Å². The number of hydrogen-bond acceptors (Lipinski definition) is 3. The van der Waals surface area contributed by atoms with Gasteiger partial charge in [0.2, 0.25) is 0 Å². The minimum Gasteiger partial charge on any atom is -0.479 e. The molecule has 112 valence electrons. The molecule has 1 atom stereocenters. The summed E-state index contributed by atoms with van der Waals surface area (Å²) in [5.74, 6) is 0.415. The molecule has 3 nitrogen and oxygen atoms in total. The van der Waals surface area contributed by atoms with E-state index in [1.165, 1.54) is 18.4 Å². The lowest BCUT2D eigenvalue weighted by Gasteiger charge is -2.14. The van der Waals surface area contributed by atoms with E-state index >= 15 is 0 Å². The van der Waals surface area contributed by atoms with Gasteiger partial charge in [-0.25, -0.2) is 4.79 Å². The van der Waals surface area contributed by atoms with Crippen LogP contribution in [0.15, 0.2) is 24.3 Å². The van der Waals surface area contributed by atoms with Gasteiger partial charge in [-0.1, -0.05) is 38.8 Å². The summed E-state index contributed by atoms with van der Waals surface area (Å²) >= 11 is 0. The third-order valence-corrected chi connectivity index (χ3v) is 3.13. The molecule has 0 aliphatic rings. The summed E-state index contributed by atoms with van der Waals surface area (Å²) in [6.45, 7) is 6.44. The van der Waals surface area contributed by atoms with Crippen LogP contribution in [-0.2, 0) is 16.0 Å². The quantitative estimate of drug-likeness (QED) is 0.503. The Labute approximate surface area is 122 Å². The molecule has 0 aliphatic heterocycles. The van der Waals surface area contributed by atoms with E-state index in [0.717, 1.165) is 19.3 Å². The van der Waals surface area contributed by atoms with E-state index in [-0.39, 0.29) is 5.97 Å². The van der Waals surface area contributed by atoms with Crippen LogP contribution in [0.1, 0.15) is 52.0 Å². The molecule has 0 saturated carbocycles. The largest absolute Gasteiger partial charge is 0.479 e. The summed E-state index contributed by atoms with van der Waals surface area (Å²) in [6.07, 6.45) is 4.82. The fourth-order valence-electron chi connectivity index (χ4n) is 1.80. The SMILES string of the molecule is CCCCOC(=O)[C@@H](C)Oc1ccc(CCCC)cc1. The van der Waals surface area contributed by atoms with Crippen molar-refractivity contribution in [3.8, 4) is 5.75 Å². The highest BCUT2D eigenvalue weighted by molar-refractivity contribution is 5.74. The Bertz CT molecular complexity index is 384. The van der Waals surface area contributed by atoms with Gasteiger partial charge in [0.05, 0.1) is 6.61 Å². The van der Waals surface area contributed by atoms with Crippen LogP contribution < -0.4 is 4.74 Å². The maximum atomic E-state index is 11.7. The van der Waals surface area contributed by atoms with Crippen LogP contribution in [0.5, 0.6) is 5.75 Å². The Balaban J connectivity index is 2.40. The van der Waals surface area contributed by atoms with E-state index in [2.05, 4.69) is 26.0 Å². The minimum absolute atomic E-state index is 0.298. The van der Waals surface area contributed by atoms with Crippen LogP contribution in [0.3, 0.4) is 0 Å². The van der Waals surface area contributed by atoms with E-state index in [0.29, 0.717) is 12.4 Å². The highest BCUT2D eigenvalue weighted by Crippen LogP contribution is 2.15. The van der Waals surface area contributed by atoms with Gasteiger partial charge >= 0.3 is 5.97 Å². The first-order chi connectivity index (χ1) is 9.67. The molecule has 0 saturated heterocycles. The summed E-state index contributed by atoms with van der Waals surface area (Å²) < 4.78 is 10.7. The highest BCUT2D eigenvalue weighted by atomic mass is 16.6. The number of esters is 1. The lowest BCUT2D eigenvalue weighted by molar-refractivity contribution is -0.151. The van der Waals surface area contributed by atoms with Crippen molar-refractivity contribution in [2.75, 3.05) is 6.61 Å². The molecule has 0 amide bonds. The lowest BCUT2D eigenvalue weighted by Crippen LogP contribution is -2.26. The second-order valence-corrected chi connectivity index (χ2v) is 5.03. The molecule has 0 aromatic heterocycles. The molecule has 0 N–H and O–H groups in total. The molecule has 0 heterocycles. The van der Waals surface area contributed by atoms with E-state index in [1.54, 1.807) is 6.92 Å². The normalized spacial score (nSPS) is 11.9. The van der Waals surface area contributed by atoms with Gasteiger partial charge in [0, 0.05) is 0 Å². The molecule has 1 aromatic rings. The molecule has 0 spiro atoms. The number of ether oxygens (including phenoxy) is 2. The van der Waals surface area contributed by atoms with Gasteiger partial charge in [-0.05, 0) is 43.9 Å². The fraction of sp³-hybridized carbons (Fsp3) is 0.588. The molecule has 0 bridgehead atoms. The molecule has 1 rings (SSSR count). The number of rotatable bonds is 9. The van der Waals surface area contributed by atoms with Crippen LogP contribution in [0.4, 0.5) is 0 Å². The summed E-state index contributed by atoms with van der Waals surface area (Å²) in [4.78, 5) is 11.7. The molecule has 0 unspecified atom stereocenters. The Kier molecular flexibility index (Phi) is 7.78. The first-order valence-corrected chi connectivity index (χ1v) is 7.59. The van der Waals surface area contributed by atoms with Gasteiger partial charge < -0.3 is 9.47 Å². The third kappa shape index (κ3) is 6.09. The van der Waals surface area contributed by atoms with E-state index in [1.807, 2.05) is 12.1 Å². The van der Waals surface area contributed by atoms with Crippen molar-refractivity contribution in [2.24, 2.45) is 0 Å². The second kappa shape index (κ2) is 9.40. The van der Waals surface area contributed by atoms with Crippen molar-refractivity contribution in [2.45, 2.75) is 59.0 Å². The average molecular weight is 278 g/mol. The predicted molar refractivity (Wildman–Crippen MR) is 81.0 cm³/mol. The van der Waals surface area contributed by atoms with Gasteiger partial charge in [-0.3, -0.25) is 0 Å². The summed E-state index contributed by atoms with van der Waals surface area (Å²) in [5.41, 5.74) is 1.30. The van der Waals surface area contributed by atoms with Gasteiger partial charge in [0.1, 0.15) is 5.75 Å². The smallest absolute Gasteiger partial charge is 0.347 e. The van der Waals surface area contributed by atoms with Crippen LogP contribution in [0.25, 0.3) is 0 Å². The molecular weight excluding hydrogens is 252 g/mol. The Hall–Kier alpha value is -1.51. The van der Waals surface area contributed by atoms with Crippen molar-refractivity contribution in [3.63, 3.8) is 0 Å². The van der Waals surface area contributed by atoms with Gasteiger partial charge in [-0.2, -0.15) is 0 Å². The molecule has 0 radical (unpaired) electrons. The first kappa shape index (κ1) is 16.5. The summed E-state index contributed by atoms with van der Waals surface area (Å²) in [7, 11) is 0. The standard InChI is InChI=1S/C17H26O3/c1-4-6-8-15-9-11-16(12-10-15)20-14(3)17(18)19-13-7-5-2/h9-12,14H,4-8,13H2,1-3H3/t14-/m1/s1. The maximum Gasteiger partial charge on any atom is 0.347 e. The topological polar surface area (TPSA) is 35.5 Å². The Morgan fingerprint density at radius 1 is 1.10 bits per heavy atom. The highest BCUT2D eigenvalue weighted by Gasteiger charge is 2.15. The molecule has 0 aliphatic carbocycles. The Morgan fingerprint density at radius 3 is 2.35 bits per heavy atom. The number of unbranched alkanes of at least 4 members (excludes halogenated alkanes) is 2. The van der Waals surface area contributed by atoms with Crippen molar-refractivity contribution < 1.29 is 14.3 Å². The van der Waals surface area contributed by atoms with Crippen LogP contribution in [0, 0.1) is 0 Å². The fourth-order valence-corrected chi connectivity index (χ4v) is 1.80. The lowest BCUT2D eigenvalue weighted by atomic mass is 10.1. The van der Waals surface area contributed by atoms with Gasteiger partial charge in [-0.15, -0.1) is 0 Å². The third-order valence-electron chi connectivity index (χ3n) is 3.13. The molecule has 3 heteroatoms. The number of benzene rings is 1. The average Bonchev–Trinajstić information content (AvgIpc) is 2.46. The zero-order chi connectivity index (χ0) is 14.8. The van der Waals surface area contributed by atoms with Crippen molar-refractivity contribution in [1.29, 1.82) is 0 Å². The van der Waals surface area contributed by atoms with Crippen LogP contribution in [0.2, 0.25) is 0 Å². The monoisotopic (exact) mass is 278 g/mol. The molecule has 20 heavy (non-hydrogen) atoms.